The highest BCUT2D eigenvalue weighted by Gasteiger charge is 2.42. The van der Waals surface area contributed by atoms with Crippen LogP contribution in [0.2, 0.25) is 0 Å². The second-order valence-corrected chi connectivity index (χ2v) is 6.61. The lowest BCUT2D eigenvalue weighted by Gasteiger charge is -2.20. The lowest BCUT2D eigenvalue weighted by atomic mass is 9.90. The Bertz CT molecular complexity index is 744. The van der Waals surface area contributed by atoms with E-state index in [2.05, 4.69) is 15.4 Å². The molecule has 132 valence electrons. The number of hydrogen-bond donors (Lipinski definition) is 2. The van der Waals surface area contributed by atoms with E-state index in [0.717, 1.165) is 11.1 Å². The minimum Gasteiger partial charge on any atom is -0.481 e. The smallest absolute Gasteiger partial charge is 0.317 e. The van der Waals surface area contributed by atoms with Gasteiger partial charge < -0.3 is 15.3 Å². The molecule has 1 aromatic heterocycles. The molecule has 2 heterocycles. The molecule has 1 aliphatic heterocycles. The van der Waals surface area contributed by atoms with E-state index in [1.54, 1.807) is 22.8 Å². The molecule has 3 rings (SSSR count). The largest absolute Gasteiger partial charge is 0.481 e. The molecule has 1 saturated heterocycles. The highest BCUT2D eigenvalue weighted by Crippen LogP contribution is 2.29. The Balaban J connectivity index is 1.50. The third-order valence-corrected chi connectivity index (χ3v) is 4.55. The molecule has 1 aromatic carbocycles. The van der Waals surface area contributed by atoms with Crippen molar-refractivity contribution in [2.75, 3.05) is 13.1 Å². The van der Waals surface area contributed by atoms with Crippen molar-refractivity contribution in [1.82, 2.24) is 25.0 Å². The van der Waals surface area contributed by atoms with Gasteiger partial charge in [0.25, 0.3) is 0 Å². The fourth-order valence-electron chi connectivity index (χ4n) is 2.86. The standard InChI is InChI=1S/C17H21N5O3/c1-17(15(23)24)6-7-21(10-17)16(25)19-8-13-2-4-14(5-3-13)9-22-12-18-11-20-22/h2-5,11-12H,6-10H2,1H3,(H,19,25)(H,23,24). The summed E-state index contributed by atoms with van der Waals surface area (Å²) in [6.07, 6.45) is 3.64. The van der Waals surface area contributed by atoms with E-state index < -0.39 is 11.4 Å². The zero-order valence-corrected chi connectivity index (χ0v) is 14.1. The molecular weight excluding hydrogens is 322 g/mol. The quantitative estimate of drug-likeness (QED) is 0.853. The normalized spacial score (nSPS) is 19.8. The fraction of sp³-hybridized carbons (Fsp3) is 0.412. The molecule has 1 aliphatic rings. The van der Waals surface area contributed by atoms with Crippen molar-refractivity contribution in [2.24, 2.45) is 5.41 Å². The Morgan fingerprint density at radius 1 is 1.28 bits per heavy atom. The molecule has 2 aromatic rings. The maximum absolute atomic E-state index is 12.2. The molecule has 0 saturated carbocycles. The summed E-state index contributed by atoms with van der Waals surface area (Å²) in [5, 5.41) is 16.1. The molecule has 8 nitrogen and oxygen atoms in total. The van der Waals surface area contributed by atoms with E-state index in [9.17, 15) is 14.7 Å². The number of rotatable bonds is 5. The van der Waals surface area contributed by atoms with Crippen molar-refractivity contribution in [3.05, 3.63) is 48.0 Å². The van der Waals surface area contributed by atoms with Crippen LogP contribution in [0.25, 0.3) is 0 Å². The number of hydrogen-bond acceptors (Lipinski definition) is 4. The van der Waals surface area contributed by atoms with Crippen LogP contribution in [-0.4, -0.2) is 49.9 Å². The number of carbonyl (C=O) groups excluding carboxylic acids is 1. The van der Waals surface area contributed by atoms with Gasteiger partial charge in [-0.05, 0) is 24.5 Å². The summed E-state index contributed by atoms with van der Waals surface area (Å²) in [6.45, 7) is 3.43. The average molecular weight is 343 g/mol. The molecule has 0 spiro atoms. The first-order chi connectivity index (χ1) is 12.0. The molecule has 0 aliphatic carbocycles. The highest BCUT2D eigenvalue weighted by atomic mass is 16.4. The van der Waals surface area contributed by atoms with Crippen LogP contribution in [-0.2, 0) is 17.9 Å². The number of urea groups is 1. The monoisotopic (exact) mass is 343 g/mol. The third-order valence-electron chi connectivity index (χ3n) is 4.55. The topological polar surface area (TPSA) is 100 Å². The van der Waals surface area contributed by atoms with E-state index in [-0.39, 0.29) is 12.6 Å². The zero-order chi connectivity index (χ0) is 17.9. The van der Waals surface area contributed by atoms with Gasteiger partial charge in [-0.1, -0.05) is 24.3 Å². The third kappa shape index (κ3) is 3.96. The van der Waals surface area contributed by atoms with Crippen molar-refractivity contribution in [3.63, 3.8) is 0 Å². The Morgan fingerprint density at radius 3 is 2.60 bits per heavy atom. The van der Waals surface area contributed by atoms with Gasteiger partial charge in [0, 0.05) is 19.6 Å². The van der Waals surface area contributed by atoms with Gasteiger partial charge in [-0.3, -0.25) is 4.79 Å². The number of aromatic nitrogens is 3. The highest BCUT2D eigenvalue weighted by molar-refractivity contribution is 5.79. The van der Waals surface area contributed by atoms with Crippen molar-refractivity contribution in [2.45, 2.75) is 26.4 Å². The summed E-state index contributed by atoms with van der Waals surface area (Å²) in [4.78, 5) is 28.9. The predicted molar refractivity (Wildman–Crippen MR) is 89.7 cm³/mol. The van der Waals surface area contributed by atoms with Gasteiger partial charge in [0.15, 0.2) is 0 Å². The molecule has 2 amide bonds. The van der Waals surface area contributed by atoms with Crippen LogP contribution >= 0.6 is 0 Å². The van der Waals surface area contributed by atoms with Gasteiger partial charge in [-0.25, -0.2) is 14.5 Å². The SMILES string of the molecule is CC1(C(=O)O)CCN(C(=O)NCc2ccc(Cn3cncn3)cc2)C1. The molecule has 1 fully saturated rings. The maximum Gasteiger partial charge on any atom is 0.317 e. The molecular formula is C17H21N5O3. The van der Waals surface area contributed by atoms with Crippen LogP contribution < -0.4 is 5.32 Å². The molecule has 8 heteroatoms. The van der Waals surface area contributed by atoms with Crippen molar-refractivity contribution >= 4 is 12.0 Å². The Hall–Kier alpha value is -2.90. The number of amides is 2. The summed E-state index contributed by atoms with van der Waals surface area (Å²) in [5.74, 6) is -0.856. The van der Waals surface area contributed by atoms with E-state index in [0.29, 0.717) is 26.1 Å². The maximum atomic E-state index is 12.2. The van der Waals surface area contributed by atoms with E-state index in [1.807, 2.05) is 24.3 Å². The number of carboxylic acids is 1. The molecule has 1 atom stereocenters. The van der Waals surface area contributed by atoms with Gasteiger partial charge >= 0.3 is 12.0 Å². The zero-order valence-electron chi connectivity index (χ0n) is 14.1. The van der Waals surface area contributed by atoms with Gasteiger partial charge in [-0.2, -0.15) is 5.10 Å². The van der Waals surface area contributed by atoms with Crippen LogP contribution in [0.1, 0.15) is 24.5 Å². The predicted octanol–water partition coefficient (Wildman–Crippen LogP) is 1.33. The summed E-state index contributed by atoms with van der Waals surface area (Å²) in [5.41, 5.74) is 1.23. The number of nitrogens with one attached hydrogen (secondary N) is 1. The van der Waals surface area contributed by atoms with Crippen LogP contribution in [0, 0.1) is 5.41 Å². The van der Waals surface area contributed by atoms with Crippen LogP contribution in [0.3, 0.4) is 0 Å². The minimum absolute atomic E-state index is 0.225. The molecule has 25 heavy (non-hydrogen) atoms. The Labute approximate surface area is 145 Å². The minimum atomic E-state index is -0.856. The van der Waals surface area contributed by atoms with Crippen molar-refractivity contribution in [3.8, 4) is 0 Å². The van der Waals surface area contributed by atoms with Crippen LogP contribution in [0.5, 0.6) is 0 Å². The van der Waals surface area contributed by atoms with E-state index in [4.69, 9.17) is 0 Å². The first-order valence-corrected chi connectivity index (χ1v) is 8.13. The van der Waals surface area contributed by atoms with Gasteiger partial charge in [-0.15, -0.1) is 0 Å². The number of aliphatic carboxylic acids is 1. The second kappa shape index (κ2) is 6.92. The Kier molecular flexibility index (Phi) is 4.69. The van der Waals surface area contributed by atoms with Crippen molar-refractivity contribution < 1.29 is 14.7 Å². The Morgan fingerprint density at radius 2 is 2.00 bits per heavy atom. The summed E-state index contributed by atoms with van der Waals surface area (Å²) in [7, 11) is 0. The molecule has 0 bridgehead atoms. The van der Waals surface area contributed by atoms with E-state index in [1.165, 1.54) is 6.33 Å². The van der Waals surface area contributed by atoms with Crippen LogP contribution in [0.4, 0.5) is 4.79 Å². The van der Waals surface area contributed by atoms with Crippen LogP contribution in [0.15, 0.2) is 36.9 Å². The number of likely N-dealkylation sites (tertiary alicyclic amines) is 1. The molecule has 2 N–H and O–H groups in total. The number of carbonyl (C=O) groups is 2. The van der Waals surface area contributed by atoms with Gasteiger partial charge in [0.05, 0.1) is 12.0 Å². The lowest BCUT2D eigenvalue weighted by Crippen LogP contribution is -2.40. The number of nitrogens with zero attached hydrogens (tertiary/aromatic N) is 4. The van der Waals surface area contributed by atoms with Crippen molar-refractivity contribution in [1.29, 1.82) is 0 Å². The summed E-state index contributed by atoms with van der Waals surface area (Å²) in [6, 6.07) is 7.66. The molecule has 0 radical (unpaired) electrons. The van der Waals surface area contributed by atoms with Gasteiger partial charge in [0.1, 0.15) is 12.7 Å². The summed E-state index contributed by atoms with van der Waals surface area (Å²) >= 11 is 0. The van der Waals surface area contributed by atoms with E-state index >= 15 is 0 Å². The summed E-state index contributed by atoms with van der Waals surface area (Å²) < 4.78 is 1.74. The number of benzene rings is 1. The lowest BCUT2D eigenvalue weighted by molar-refractivity contribution is -0.147. The average Bonchev–Trinajstić information content (AvgIpc) is 3.24. The number of carboxylic acid groups (broad SMARTS) is 1. The van der Waals surface area contributed by atoms with Gasteiger partial charge in [0.2, 0.25) is 0 Å². The molecule has 1 unspecified atom stereocenters. The fourth-order valence-corrected chi connectivity index (χ4v) is 2.86. The first kappa shape index (κ1) is 16.9. The first-order valence-electron chi connectivity index (χ1n) is 8.13. The second-order valence-electron chi connectivity index (χ2n) is 6.61.